The fraction of sp³-hybridized carbons (Fsp3) is 0.800. The highest BCUT2D eigenvalue weighted by Gasteiger charge is 2.22. The first-order chi connectivity index (χ1) is 8.18. The Hall–Kier alpha value is -0.950. The van der Waals surface area contributed by atoms with E-state index in [1.54, 1.807) is 0 Å². The number of hydrogen-bond donors (Lipinski definition) is 2. The summed E-state index contributed by atoms with van der Waals surface area (Å²) in [5, 5.41) is 5.85. The van der Waals surface area contributed by atoms with Crippen molar-refractivity contribution >= 4 is 10.0 Å². The third-order valence-corrected chi connectivity index (χ3v) is 4.42. The van der Waals surface area contributed by atoms with Gasteiger partial charge in [-0.05, 0) is 12.8 Å². The van der Waals surface area contributed by atoms with Gasteiger partial charge >= 0.3 is 0 Å². The zero-order valence-electron chi connectivity index (χ0n) is 9.72. The topological polar surface area (TPSA) is 87.7 Å². The van der Waals surface area contributed by atoms with Crippen LogP contribution in [0.4, 0.5) is 0 Å². The summed E-state index contributed by atoms with van der Waals surface area (Å²) >= 11 is 0. The third-order valence-electron chi connectivity index (χ3n) is 3.07. The van der Waals surface area contributed by atoms with E-state index in [2.05, 4.69) is 19.9 Å². The van der Waals surface area contributed by atoms with Crippen LogP contribution in [0.3, 0.4) is 0 Å². The smallest absolute Gasteiger partial charge is 0.249 e. The number of nitrogens with one attached hydrogen (secondary N) is 2. The molecule has 0 saturated heterocycles. The second-order valence-corrected chi connectivity index (χ2v) is 6.08. The highest BCUT2D eigenvalue weighted by molar-refractivity contribution is 7.89. The molecule has 0 unspecified atom stereocenters. The van der Waals surface area contributed by atoms with E-state index in [-0.39, 0.29) is 11.2 Å². The predicted molar refractivity (Wildman–Crippen MR) is 62.8 cm³/mol. The van der Waals surface area contributed by atoms with E-state index < -0.39 is 10.0 Å². The summed E-state index contributed by atoms with van der Waals surface area (Å²) in [6.07, 6.45) is 8.85. The summed E-state index contributed by atoms with van der Waals surface area (Å²) in [5.41, 5.74) is 0. The van der Waals surface area contributed by atoms with Gasteiger partial charge in [0.2, 0.25) is 0 Å². The van der Waals surface area contributed by atoms with Gasteiger partial charge in [0.15, 0.2) is 0 Å². The molecule has 2 N–H and O–H groups in total. The van der Waals surface area contributed by atoms with Crippen molar-refractivity contribution in [2.75, 3.05) is 0 Å². The van der Waals surface area contributed by atoms with Crippen LogP contribution in [0.2, 0.25) is 0 Å². The van der Waals surface area contributed by atoms with Gasteiger partial charge in [0.25, 0.3) is 15.2 Å². The lowest BCUT2D eigenvalue weighted by Gasteiger charge is -2.19. The maximum atomic E-state index is 11.9. The van der Waals surface area contributed by atoms with E-state index in [0.717, 1.165) is 25.7 Å². The second-order valence-electron chi connectivity index (χ2n) is 4.45. The van der Waals surface area contributed by atoms with Gasteiger partial charge in [-0.3, -0.25) is 0 Å². The van der Waals surface area contributed by atoms with Gasteiger partial charge in [-0.1, -0.05) is 32.1 Å². The zero-order valence-corrected chi connectivity index (χ0v) is 10.5. The molecule has 1 fully saturated rings. The van der Waals surface area contributed by atoms with E-state index in [1.165, 1.54) is 25.6 Å². The van der Waals surface area contributed by atoms with Crippen LogP contribution in [0, 0.1) is 0 Å². The van der Waals surface area contributed by atoms with Crippen LogP contribution in [0.1, 0.15) is 44.9 Å². The molecule has 1 saturated carbocycles. The van der Waals surface area contributed by atoms with Crippen LogP contribution in [0.25, 0.3) is 0 Å². The van der Waals surface area contributed by atoms with Gasteiger partial charge < -0.3 is 0 Å². The van der Waals surface area contributed by atoms with E-state index in [9.17, 15) is 8.42 Å². The lowest BCUT2D eigenvalue weighted by atomic mass is 9.97. The van der Waals surface area contributed by atoms with E-state index in [1.807, 2.05) is 0 Å². The molecule has 6 nitrogen and oxygen atoms in total. The van der Waals surface area contributed by atoms with E-state index in [4.69, 9.17) is 0 Å². The number of nitrogens with zero attached hydrogens (tertiary/aromatic N) is 2. The molecule has 96 valence electrons. The SMILES string of the molecule is O=S(=O)(NC1CCCCCCC1)c1ncn[nH]1. The molecule has 0 amide bonds. The molecule has 2 rings (SSSR count). The zero-order chi connectivity index (χ0) is 12.1. The van der Waals surface area contributed by atoms with Gasteiger partial charge in [0.05, 0.1) is 0 Å². The largest absolute Gasteiger partial charge is 0.276 e. The van der Waals surface area contributed by atoms with Gasteiger partial charge in [0.1, 0.15) is 6.33 Å². The summed E-state index contributed by atoms with van der Waals surface area (Å²) in [6.45, 7) is 0. The fourth-order valence-corrected chi connectivity index (χ4v) is 3.32. The van der Waals surface area contributed by atoms with Crippen LogP contribution in [-0.2, 0) is 10.0 Å². The van der Waals surface area contributed by atoms with E-state index >= 15 is 0 Å². The van der Waals surface area contributed by atoms with Crippen molar-refractivity contribution in [1.29, 1.82) is 0 Å². The minimum Gasteiger partial charge on any atom is -0.249 e. The van der Waals surface area contributed by atoms with Crippen molar-refractivity contribution in [3.8, 4) is 0 Å². The predicted octanol–water partition coefficient (Wildman–Crippen LogP) is 1.20. The van der Waals surface area contributed by atoms with Gasteiger partial charge in [-0.15, -0.1) is 0 Å². The first-order valence-corrected chi connectivity index (χ1v) is 7.54. The Morgan fingerprint density at radius 2 is 1.82 bits per heavy atom. The average Bonchev–Trinajstić information content (AvgIpc) is 2.75. The Morgan fingerprint density at radius 3 is 2.41 bits per heavy atom. The highest BCUT2D eigenvalue weighted by Crippen LogP contribution is 2.18. The average molecular weight is 258 g/mol. The molecule has 0 atom stereocenters. The molecular weight excluding hydrogens is 240 g/mol. The second kappa shape index (κ2) is 5.59. The third kappa shape index (κ3) is 3.50. The number of sulfonamides is 1. The Bertz CT molecular complexity index is 421. The number of aromatic nitrogens is 3. The molecule has 1 aromatic heterocycles. The summed E-state index contributed by atoms with van der Waals surface area (Å²) in [7, 11) is -3.52. The minimum absolute atomic E-state index is 0.0328. The first kappa shape index (κ1) is 12.5. The molecule has 1 aliphatic rings. The van der Waals surface area contributed by atoms with Crippen molar-refractivity contribution in [2.45, 2.75) is 56.1 Å². The standard InChI is InChI=1S/C10H18N4O2S/c15-17(16,10-11-8-12-13-10)14-9-6-4-2-1-3-5-7-9/h8-9,14H,1-7H2,(H,11,12,13). The number of H-pyrrole nitrogens is 1. The Labute approximate surface area is 101 Å². The maximum absolute atomic E-state index is 11.9. The molecule has 0 aliphatic heterocycles. The minimum atomic E-state index is -3.52. The summed E-state index contributed by atoms with van der Waals surface area (Å²) < 4.78 is 26.5. The fourth-order valence-electron chi connectivity index (χ4n) is 2.17. The number of aromatic amines is 1. The van der Waals surface area contributed by atoms with E-state index in [0.29, 0.717) is 0 Å². The molecular formula is C10H18N4O2S. The molecule has 17 heavy (non-hydrogen) atoms. The van der Waals surface area contributed by atoms with Crippen LogP contribution < -0.4 is 4.72 Å². The van der Waals surface area contributed by atoms with Crippen LogP contribution in [-0.4, -0.2) is 29.6 Å². The molecule has 7 heteroatoms. The Kier molecular flexibility index (Phi) is 4.11. The monoisotopic (exact) mass is 258 g/mol. The summed E-state index contributed by atoms with van der Waals surface area (Å²) in [6, 6.07) is 0.0328. The molecule has 0 spiro atoms. The molecule has 1 heterocycles. The molecule has 0 radical (unpaired) electrons. The van der Waals surface area contributed by atoms with Gasteiger partial charge in [-0.2, -0.15) is 5.10 Å². The molecule has 1 aliphatic carbocycles. The van der Waals surface area contributed by atoms with Crippen molar-refractivity contribution in [2.24, 2.45) is 0 Å². The van der Waals surface area contributed by atoms with Gasteiger partial charge in [-0.25, -0.2) is 23.2 Å². The number of hydrogen-bond acceptors (Lipinski definition) is 4. The molecule has 1 aromatic rings. The Balaban J connectivity index is 1.99. The maximum Gasteiger partial charge on any atom is 0.276 e. The van der Waals surface area contributed by atoms with Crippen molar-refractivity contribution < 1.29 is 8.42 Å². The van der Waals surface area contributed by atoms with Crippen LogP contribution >= 0.6 is 0 Å². The lowest BCUT2D eigenvalue weighted by Crippen LogP contribution is -2.35. The van der Waals surface area contributed by atoms with Crippen LogP contribution in [0.15, 0.2) is 11.5 Å². The molecule has 0 aromatic carbocycles. The summed E-state index contributed by atoms with van der Waals surface area (Å²) in [4.78, 5) is 3.68. The summed E-state index contributed by atoms with van der Waals surface area (Å²) in [5.74, 6) is 0. The Morgan fingerprint density at radius 1 is 1.18 bits per heavy atom. The van der Waals surface area contributed by atoms with Crippen molar-refractivity contribution in [3.63, 3.8) is 0 Å². The molecule has 0 bridgehead atoms. The normalized spacial score (nSPS) is 19.8. The lowest BCUT2D eigenvalue weighted by molar-refractivity contribution is 0.425. The van der Waals surface area contributed by atoms with Crippen molar-refractivity contribution in [3.05, 3.63) is 6.33 Å². The first-order valence-electron chi connectivity index (χ1n) is 6.06. The van der Waals surface area contributed by atoms with Crippen molar-refractivity contribution in [1.82, 2.24) is 19.9 Å². The number of rotatable bonds is 3. The van der Waals surface area contributed by atoms with Gasteiger partial charge in [0, 0.05) is 6.04 Å². The van der Waals surface area contributed by atoms with Crippen LogP contribution in [0.5, 0.6) is 0 Å². The quantitative estimate of drug-likeness (QED) is 0.852. The highest BCUT2D eigenvalue weighted by atomic mass is 32.2.